The van der Waals surface area contributed by atoms with Crippen LogP contribution in [0.2, 0.25) is 0 Å². The molecule has 1 unspecified atom stereocenters. The minimum atomic E-state index is -2.65. The van der Waals surface area contributed by atoms with Crippen LogP contribution in [0.25, 0.3) is 10.4 Å². The number of hydrogen-bond acceptors (Lipinski definition) is 6. The Kier molecular flexibility index (Phi) is 9.40. The van der Waals surface area contributed by atoms with E-state index in [1.807, 2.05) is 55.4 Å². The van der Waals surface area contributed by atoms with Crippen molar-refractivity contribution in [2.75, 3.05) is 0 Å². The van der Waals surface area contributed by atoms with Crippen LogP contribution in [0.1, 0.15) is 72.6 Å². The van der Waals surface area contributed by atoms with E-state index >= 15 is 0 Å². The van der Waals surface area contributed by atoms with Gasteiger partial charge in [0.05, 0.1) is 0 Å². The van der Waals surface area contributed by atoms with E-state index in [1.165, 1.54) is 4.90 Å². The van der Waals surface area contributed by atoms with Gasteiger partial charge in [0.15, 0.2) is 0 Å². The monoisotopic (exact) mass is 548 g/mol. The standard InChI is InChI=1S/C30H40N6O4/c1-19(2)35(20(3)4)27(37)29(25(33-34-31)23-15-11-9-12-16-23)32-26(24-17-13-10-14-18-24)30(39,40-29)28(38)36(21(5)6)22(7)8/h9-22,25,39H,1-8H3/t25?,29-,30-/m1/s1. The van der Waals surface area contributed by atoms with Gasteiger partial charge in [-0.3, -0.25) is 14.3 Å². The maximum absolute atomic E-state index is 14.6. The lowest BCUT2D eigenvalue weighted by Gasteiger charge is -2.41. The van der Waals surface area contributed by atoms with Crippen LogP contribution in [-0.2, 0) is 14.3 Å². The quantitative estimate of drug-likeness (QED) is 0.247. The molecule has 0 bridgehead atoms. The number of carbonyl (C=O) groups is 2. The van der Waals surface area contributed by atoms with E-state index in [0.29, 0.717) is 11.1 Å². The van der Waals surface area contributed by atoms with E-state index < -0.39 is 29.4 Å². The Hall–Kier alpha value is -3.72. The number of benzene rings is 2. The SMILES string of the molecule is CC(C)N(C(=O)[C@]1(O)O[C@@](C(=O)N(C(C)C)C(C)C)(C(N=[N+]=[N-])c2ccccc2)N=C1c1ccccc1)C(C)C. The number of azide groups is 1. The Morgan fingerprint density at radius 2 is 1.27 bits per heavy atom. The summed E-state index contributed by atoms with van der Waals surface area (Å²) >= 11 is 0. The van der Waals surface area contributed by atoms with Crippen molar-refractivity contribution < 1.29 is 19.4 Å². The molecule has 3 atom stereocenters. The van der Waals surface area contributed by atoms with Crippen LogP contribution >= 0.6 is 0 Å². The molecular weight excluding hydrogens is 508 g/mol. The molecule has 0 saturated carbocycles. The molecule has 1 aliphatic rings. The summed E-state index contributed by atoms with van der Waals surface area (Å²) in [5.41, 5.74) is 8.09. The fourth-order valence-corrected chi connectivity index (χ4v) is 5.41. The number of hydrogen-bond donors (Lipinski definition) is 1. The molecular formula is C30H40N6O4. The molecule has 1 heterocycles. The zero-order chi connectivity index (χ0) is 29.8. The van der Waals surface area contributed by atoms with E-state index in [1.54, 1.807) is 65.6 Å². The van der Waals surface area contributed by atoms with Gasteiger partial charge in [-0.25, -0.2) is 4.99 Å². The third kappa shape index (κ3) is 5.61. The molecule has 2 aromatic rings. The number of nitrogens with zero attached hydrogens (tertiary/aromatic N) is 6. The van der Waals surface area contributed by atoms with Crippen LogP contribution in [0.15, 0.2) is 70.8 Å². The van der Waals surface area contributed by atoms with E-state index in [2.05, 4.69) is 10.0 Å². The second-order valence-electron chi connectivity index (χ2n) is 11.1. The van der Waals surface area contributed by atoms with Gasteiger partial charge in [0, 0.05) is 34.6 Å². The molecule has 0 saturated heterocycles. The van der Waals surface area contributed by atoms with Gasteiger partial charge in [-0.05, 0) is 66.5 Å². The van der Waals surface area contributed by atoms with Crippen LogP contribution in [0, 0.1) is 0 Å². The van der Waals surface area contributed by atoms with Crippen molar-refractivity contribution in [1.82, 2.24) is 9.80 Å². The maximum Gasteiger partial charge on any atom is 0.295 e. The smallest absolute Gasteiger partial charge is 0.295 e. The van der Waals surface area contributed by atoms with Gasteiger partial charge in [-0.1, -0.05) is 65.8 Å². The highest BCUT2D eigenvalue weighted by Crippen LogP contribution is 2.46. The van der Waals surface area contributed by atoms with Gasteiger partial charge < -0.3 is 14.9 Å². The van der Waals surface area contributed by atoms with Gasteiger partial charge in [0.25, 0.3) is 23.3 Å². The summed E-state index contributed by atoms with van der Waals surface area (Å²) in [4.78, 5) is 39.8. The number of ether oxygens (including phenoxy) is 1. The molecule has 0 aromatic heterocycles. The Balaban J connectivity index is 2.43. The predicted molar refractivity (Wildman–Crippen MR) is 154 cm³/mol. The van der Waals surface area contributed by atoms with E-state index in [9.17, 15) is 20.2 Å². The first kappa shape index (κ1) is 30.8. The summed E-state index contributed by atoms with van der Waals surface area (Å²) in [6.45, 7) is 14.7. The molecule has 2 aromatic carbocycles. The lowest BCUT2D eigenvalue weighted by molar-refractivity contribution is -0.226. The summed E-state index contributed by atoms with van der Waals surface area (Å²) in [6.07, 6.45) is 0. The van der Waals surface area contributed by atoms with Crippen molar-refractivity contribution in [2.45, 2.75) is 97.1 Å². The number of amides is 2. The second-order valence-corrected chi connectivity index (χ2v) is 11.1. The molecule has 10 nitrogen and oxygen atoms in total. The molecule has 10 heteroatoms. The zero-order valence-corrected chi connectivity index (χ0v) is 24.5. The maximum atomic E-state index is 14.6. The number of aliphatic hydroxyl groups is 1. The Bertz CT molecular complexity index is 1260. The fraction of sp³-hybridized carbons (Fsp3) is 0.500. The number of aliphatic imine (C=N–C) groups is 1. The van der Waals surface area contributed by atoms with E-state index in [-0.39, 0.29) is 29.9 Å². The van der Waals surface area contributed by atoms with Crippen molar-refractivity contribution >= 4 is 17.5 Å². The molecule has 3 rings (SSSR count). The Morgan fingerprint density at radius 3 is 1.73 bits per heavy atom. The van der Waals surface area contributed by atoms with Crippen LogP contribution in [0.5, 0.6) is 0 Å². The molecule has 1 N–H and O–H groups in total. The van der Waals surface area contributed by atoms with Crippen molar-refractivity contribution in [3.8, 4) is 0 Å². The summed E-state index contributed by atoms with van der Waals surface area (Å²) in [7, 11) is 0. The van der Waals surface area contributed by atoms with Crippen molar-refractivity contribution in [2.24, 2.45) is 10.1 Å². The molecule has 0 fully saturated rings. The summed E-state index contributed by atoms with van der Waals surface area (Å²) in [6, 6.07) is 14.8. The summed E-state index contributed by atoms with van der Waals surface area (Å²) < 4.78 is 6.36. The predicted octanol–water partition coefficient (Wildman–Crippen LogP) is 5.23. The minimum Gasteiger partial charge on any atom is -0.353 e. The van der Waals surface area contributed by atoms with Gasteiger partial charge in [0.1, 0.15) is 11.8 Å². The number of rotatable bonds is 10. The van der Waals surface area contributed by atoms with Gasteiger partial charge in [-0.15, -0.1) is 0 Å². The third-order valence-corrected chi connectivity index (χ3v) is 6.89. The molecule has 0 spiro atoms. The fourth-order valence-electron chi connectivity index (χ4n) is 5.41. The Labute approximate surface area is 236 Å². The summed E-state index contributed by atoms with van der Waals surface area (Å²) in [5, 5.41) is 16.3. The third-order valence-electron chi connectivity index (χ3n) is 6.89. The minimum absolute atomic E-state index is 0.126. The Morgan fingerprint density at radius 1 is 0.825 bits per heavy atom. The molecule has 1 aliphatic heterocycles. The highest BCUT2D eigenvalue weighted by atomic mass is 16.7. The van der Waals surface area contributed by atoms with Gasteiger partial charge in [-0.2, -0.15) is 0 Å². The van der Waals surface area contributed by atoms with Crippen LogP contribution < -0.4 is 0 Å². The van der Waals surface area contributed by atoms with Crippen LogP contribution in [0.4, 0.5) is 0 Å². The first-order chi connectivity index (χ1) is 18.8. The average molecular weight is 549 g/mol. The van der Waals surface area contributed by atoms with Crippen LogP contribution in [-0.4, -0.2) is 68.1 Å². The second kappa shape index (κ2) is 12.2. The lowest BCUT2D eigenvalue weighted by atomic mass is 9.94. The molecule has 2 amide bonds. The average Bonchev–Trinajstić information content (AvgIpc) is 3.22. The first-order valence-corrected chi connectivity index (χ1v) is 13.6. The highest BCUT2D eigenvalue weighted by Gasteiger charge is 2.65. The number of carbonyl (C=O) groups excluding carboxylic acids is 2. The van der Waals surface area contributed by atoms with Gasteiger partial charge >= 0.3 is 0 Å². The molecule has 0 radical (unpaired) electrons. The molecule has 214 valence electrons. The lowest BCUT2D eigenvalue weighted by Crippen LogP contribution is -2.62. The zero-order valence-electron chi connectivity index (χ0n) is 24.5. The normalized spacial score (nSPS) is 21.4. The highest BCUT2D eigenvalue weighted by molar-refractivity contribution is 6.20. The van der Waals surface area contributed by atoms with E-state index in [4.69, 9.17) is 9.73 Å². The van der Waals surface area contributed by atoms with Crippen LogP contribution in [0.3, 0.4) is 0 Å². The largest absolute Gasteiger partial charge is 0.353 e. The van der Waals surface area contributed by atoms with E-state index in [0.717, 1.165) is 0 Å². The van der Waals surface area contributed by atoms with Crippen molar-refractivity contribution in [3.05, 3.63) is 82.2 Å². The molecule has 40 heavy (non-hydrogen) atoms. The van der Waals surface area contributed by atoms with Crippen molar-refractivity contribution in [1.29, 1.82) is 0 Å². The van der Waals surface area contributed by atoms with Gasteiger partial charge in [0.2, 0.25) is 0 Å². The topological polar surface area (TPSA) is 131 Å². The first-order valence-electron chi connectivity index (χ1n) is 13.6. The summed E-state index contributed by atoms with van der Waals surface area (Å²) in [5.74, 6) is -4.04. The molecule has 0 aliphatic carbocycles. The van der Waals surface area contributed by atoms with Crippen molar-refractivity contribution in [3.63, 3.8) is 0 Å².